The summed E-state index contributed by atoms with van der Waals surface area (Å²) in [5.41, 5.74) is 3.24. The van der Waals surface area contributed by atoms with E-state index in [1.54, 1.807) is 42.7 Å². The lowest BCUT2D eigenvalue weighted by atomic mass is 9.98. The number of carbonyl (C=O) groups excluding carboxylic acids is 2. The van der Waals surface area contributed by atoms with Crippen LogP contribution in [0.2, 0.25) is 0 Å². The number of nitrogens with zero attached hydrogens (tertiary/aromatic N) is 1. The lowest BCUT2D eigenvalue weighted by molar-refractivity contribution is -0.136. The molecule has 4 rings (SSSR count). The molecule has 0 fully saturated rings. The first kappa shape index (κ1) is 21.1. The number of hydrogen-bond acceptors (Lipinski definition) is 5. The molecule has 2 heterocycles. The van der Waals surface area contributed by atoms with Gasteiger partial charge in [0, 0.05) is 30.2 Å². The summed E-state index contributed by atoms with van der Waals surface area (Å²) in [6.45, 7) is 2.11. The Balaban J connectivity index is 1.39. The molecule has 1 aliphatic heterocycles. The predicted octanol–water partition coefficient (Wildman–Crippen LogP) is 3.61. The van der Waals surface area contributed by atoms with E-state index in [9.17, 15) is 9.59 Å². The van der Waals surface area contributed by atoms with Crippen molar-refractivity contribution in [3.63, 3.8) is 0 Å². The zero-order valence-corrected chi connectivity index (χ0v) is 18.2. The molecule has 0 aliphatic carbocycles. The van der Waals surface area contributed by atoms with Crippen molar-refractivity contribution >= 4 is 28.8 Å². The average Bonchev–Trinajstić information content (AvgIpc) is 3.34. The van der Waals surface area contributed by atoms with Crippen LogP contribution in [0.1, 0.15) is 22.0 Å². The van der Waals surface area contributed by atoms with Gasteiger partial charge in [-0.1, -0.05) is 30.3 Å². The van der Waals surface area contributed by atoms with Gasteiger partial charge in [0.05, 0.1) is 13.2 Å². The lowest BCUT2D eigenvalue weighted by Crippen LogP contribution is -2.43. The standard InChI is InChI=1S/C24H25N3O3S/c1-30-20-10-8-19(9-11-20)26-24(29)23(28)25-15-21(22-7-4-14-31-22)27-13-12-17-5-2-3-6-18(17)16-27/h2-11,14,21H,12-13,15-16H2,1H3,(H,25,28)(H,26,29)/t21-/m1/s1. The molecular weight excluding hydrogens is 410 g/mol. The first-order valence-corrected chi connectivity index (χ1v) is 11.1. The van der Waals surface area contributed by atoms with E-state index < -0.39 is 11.8 Å². The zero-order valence-electron chi connectivity index (χ0n) is 17.3. The summed E-state index contributed by atoms with van der Waals surface area (Å²) in [4.78, 5) is 28.4. The highest BCUT2D eigenvalue weighted by molar-refractivity contribution is 7.10. The molecular formula is C24H25N3O3S. The fourth-order valence-electron chi connectivity index (χ4n) is 3.81. The number of nitrogens with one attached hydrogen (secondary N) is 2. The van der Waals surface area contributed by atoms with Gasteiger partial charge in [0.15, 0.2) is 0 Å². The fourth-order valence-corrected chi connectivity index (χ4v) is 4.67. The van der Waals surface area contributed by atoms with Crippen LogP contribution in [-0.4, -0.2) is 36.9 Å². The molecule has 0 unspecified atom stereocenters. The van der Waals surface area contributed by atoms with Crippen molar-refractivity contribution in [1.29, 1.82) is 0 Å². The molecule has 2 N–H and O–H groups in total. The Labute approximate surface area is 185 Å². The number of fused-ring (bicyclic) bond motifs is 1. The van der Waals surface area contributed by atoms with Crippen LogP contribution < -0.4 is 15.4 Å². The van der Waals surface area contributed by atoms with E-state index in [0.717, 1.165) is 19.5 Å². The van der Waals surface area contributed by atoms with E-state index in [0.29, 0.717) is 18.0 Å². The minimum absolute atomic E-state index is 0.0195. The number of thiophene rings is 1. The van der Waals surface area contributed by atoms with E-state index >= 15 is 0 Å². The highest BCUT2D eigenvalue weighted by Gasteiger charge is 2.26. The summed E-state index contributed by atoms with van der Waals surface area (Å²) in [7, 11) is 1.58. The molecule has 31 heavy (non-hydrogen) atoms. The molecule has 6 nitrogen and oxygen atoms in total. The Morgan fingerprint density at radius 1 is 1.03 bits per heavy atom. The van der Waals surface area contributed by atoms with Crippen molar-refractivity contribution in [2.45, 2.75) is 19.0 Å². The summed E-state index contributed by atoms with van der Waals surface area (Å²) in [5.74, 6) is -0.641. The fraction of sp³-hybridized carbons (Fsp3) is 0.250. The van der Waals surface area contributed by atoms with Crippen LogP contribution in [-0.2, 0) is 22.6 Å². The molecule has 1 aliphatic rings. The number of ether oxygens (including phenoxy) is 1. The molecule has 0 radical (unpaired) electrons. The summed E-state index contributed by atoms with van der Waals surface area (Å²) in [6.07, 6.45) is 0.976. The Hall–Kier alpha value is -3.16. The largest absolute Gasteiger partial charge is 0.497 e. The SMILES string of the molecule is COc1ccc(NC(=O)C(=O)NC[C@H](c2cccs2)N2CCc3ccccc3C2)cc1. The maximum Gasteiger partial charge on any atom is 0.313 e. The van der Waals surface area contributed by atoms with E-state index in [1.807, 2.05) is 11.4 Å². The second kappa shape index (κ2) is 9.76. The highest BCUT2D eigenvalue weighted by Crippen LogP contribution is 2.30. The van der Waals surface area contributed by atoms with Crippen molar-refractivity contribution in [2.24, 2.45) is 0 Å². The number of methoxy groups -OCH3 is 1. The summed E-state index contributed by atoms with van der Waals surface area (Å²) >= 11 is 1.67. The third-order valence-electron chi connectivity index (χ3n) is 5.48. The molecule has 2 aromatic carbocycles. The van der Waals surface area contributed by atoms with Crippen LogP contribution in [0.3, 0.4) is 0 Å². The van der Waals surface area contributed by atoms with Crippen molar-refractivity contribution in [1.82, 2.24) is 10.2 Å². The number of amides is 2. The van der Waals surface area contributed by atoms with Crippen LogP contribution in [0.5, 0.6) is 5.75 Å². The van der Waals surface area contributed by atoms with Gasteiger partial charge in [-0.2, -0.15) is 0 Å². The highest BCUT2D eigenvalue weighted by atomic mass is 32.1. The molecule has 2 amide bonds. The second-order valence-electron chi connectivity index (χ2n) is 7.41. The molecule has 0 spiro atoms. The van der Waals surface area contributed by atoms with Crippen molar-refractivity contribution in [2.75, 3.05) is 25.5 Å². The van der Waals surface area contributed by atoms with Crippen LogP contribution in [0, 0.1) is 0 Å². The minimum atomic E-state index is -0.681. The molecule has 0 saturated carbocycles. The Kier molecular flexibility index (Phi) is 6.64. The molecule has 1 atom stereocenters. The third kappa shape index (κ3) is 5.13. The lowest BCUT2D eigenvalue weighted by Gasteiger charge is -2.35. The summed E-state index contributed by atoms with van der Waals surface area (Å²) in [6, 6.07) is 19.5. The van der Waals surface area contributed by atoms with Gasteiger partial charge < -0.3 is 15.4 Å². The monoisotopic (exact) mass is 435 g/mol. The zero-order chi connectivity index (χ0) is 21.6. The molecule has 3 aromatic rings. The van der Waals surface area contributed by atoms with Gasteiger partial charge in [-0.3, -0.25) is 14.5 Å². The van der Waals surface area contributed by atoms with E-state index in [-0.39, 0.29) is 6.04 Å². The Morgan fingerprint density at radius 3 is 2.52 bits per heavy atom. The topological polar surface area (TPSA) is 70.7 Å². The van der Waals surface area contributed by atoms with Crippen LogP contribution in [0.25, 0.3) is 0 Å². The second-order valence-corrected chi connectivity index (χ2v) is 8.39. The van der Waals surface area contributed by atoms with Gasteiger partial charge in [-0.15, -0.1) is 11.3 Å². The number of benzene rings is 2. The molecule has 1 aromatic heterocycles. The number of rotatable bonds is 6. The van der Waals surface area contributed by atoms with Gasteiger partial charge >= 0.3 is 11.8 Å². The maximum absolute atomic E-state index is 12.5. The first-order valence-electron chi connectivity index (χ1n) is 10.2. The van der Waals surface area contributed by atoms with Crippen molar-refractivity contribution in [3.05, 3.63) is 82.0 Å². The van der Waals surface area contributed by atoms with E-state index in [1.165, 1.54) is 16.0 Å². The van der Waals surface area contributed by atoms with Crippen molar-refractivity contribution in [3.8, 4) is 5.75 Å². The van der Waals surface area contributed by atoms with Crippen LogP contribution in [0.15, 0.2) is 66.0 Å². The van der Waals surface area contributed by atoms with Gasteiger partial charge in [-0.05, 0) is 53.3 Å². The van der Waals surface area contributed by atoms with Gasteiger partial charge in [-0.25, -0.2) is 0 Å². The minimum Gasteiger partial charge on any atom is -0.497 e. The van der Waals surface area contributed by atoms with Gasteiger partial charge in [0.1, 0.15) is 5.75 Å². The Morgan fingerprint density at radius 2 is 1.81 bits per heavy atom. The molecule has 160 valence electrons. The number of carbonyl (C=O) groups is 2. The molecule has 0 bridgehead atoms. The average molecular weight is 436 g/mol. The van der Waals surface area contributed by atoms with Gasteiger partial charge in [0.25, 0.3) is 0 Å². The van der Waals surface area contributed by atoms with Crippen molar-refractivity contribution < 1.29 is 14.3 Å². The summed E-state index contributed by atoms with van der Waals surface area (Å²) < 4.78 is 5.11. The van der Waals surface area contributed by atoms with Gasteiger partial charge in [0.2, 0.25) is 0 Å². The van der Waals surface area contributed by atoms with E-state index in [4.69, 9.17) is 4.74 Å². The number of anilines is 1. The quantitative estimate of drug-likeness (QED) is 0.581. The smallest absolute Gasteiger partial charge is 0.313 e. The van der Waals surface area contributed by atoms with E-state index in [2.05, 4.69) is 45.9 Å². The first-order chi connectivity index (χ1) is 15.1. The van der Waals surface area contributed by atoms with Crippen LogP contribution in [0.4, 0.5) is 5.69 Å². The number of hydrogen-bond donors (Lipinski definition) is 2. The Bertz CT molecular complexity index is 1030. The normalized spacial score (nSPS) is 14.4. The molecule has 7 heteroatoms. The summed E-state index contributed by atoms with van der Waals surface area (Å²) in [5, 5.41) is 7.49. The maximum atomic E-state index is 12.5. The van der Waals surface area contributed by atoms with Crippen LogP contribution >= 0.6 is 11.3 Å². The molecule has 0 saturated heterocycles. The third-order valence-corrected chi connectivity index (χ3v) is 6.46. The predicted molar refractivity (Wildman–Crippen MR) is 122 cm³/mol.